The molecule has 0 spiro atoms. The Morgan fingerprint density at radius 3 is 2.55 bits per heavy atom. The molecule has 3 atom stereocenters. The molecule has 1 unspecified atom stereocenters. The van der Waals surface area contributed by atoms with Gasteiger partial charge in [-0.15, -0.1) is 0 Å². The third-order valence-corrected chi connectivity index (χ3v) is 5.55. The van der Waals surface area contributed by atoms with E-state index in [1.807, 2.05) is 0 Å². The van der Waals surface area contributed by atoms with Crippen molar-refractivity contribution < 1.29 is 34.1 Å². The summed E-state index contributed by atoms with van der Waals surface area (Å²) in [5.41, 5.74) is 0.723. The second-order valence-electron chi connectivity index (χ2n) is 7.17. The highest BCUT2D eigenvalue weighted by atomic mass is 16.5. The maximum atomic E-state index is 12.7. The Balaban J connectivity index is 1.55. The summed E-state index contributed by atoms with van der Waals surface area (Å²) >= 11 is 0. The number of nitrogens with one attached hydrogen (secondary N) is 1. The average molecular weight is 401 g/mol. The van der Waals surface area contributed by atoms with Gasteiger partial charge in [-0.05, 0) is 30.7 Å². The molecule has 29 heavy (non-hydrogen) atoms. The Labute approximate surface area is 165 Å². The largest absolute Gasteiger partial charge is 0.508 e. The Hall–Kier alpha value is -3.56. The van der Waals surface area contributed by atoms with E-state index in [2.05, 4.69) is 5.32 Å². The number of benzene rings is 1. The summed E-state index contributed by atoms with van der Waals surface area (Å²) in [5, 5.41) is 21.6. The third-order valence-electron chi connectivity index (χ3n) is 5.55. The molecule has 3 heterocycles. The second kappa shape index (κ2) is 6.80. The van der Waals surface area contributed by atoms with Crippen LogP contribution >= 0.6 is 0 Å². The van der Waals surface area contributed by atoms with Crippen molar-refractivity contribution in [3.63, 3.8) is 0 Å². The van der Waals surface area contributed by atoms with E-state index in [4.69, 9.17) is 4.74 Å². The number of β-lactam (4-membered cyclic amide) rings is 1. The van der Waals surface area contributed by atoms with E-state index in [-0.39, 0.29) is 30.5 Å². The summed E-state index contributed by atoms with van der Waals surface area (Å²) in [7, 11) is 0. The minimum absolute atomic E-state index is 0.0622. The first-order chi connectivity index (χ1) is 13.8. The van der Waals surface area contributed by atoms with Crippen LogP contribution in [-0.4, -0.2) is 69.1 Å². The highest BCUT2D eigenvalue weighted by Crippen LogP contribution is 2.49. The van der Waals surface area contributed by atoms with Crippen molar-refractivity contribution >= 4 is 29.6 Å². The molecule has 152 valence electrons. The molecule has 3 aliphatic rings. The molecule has 0 radical (unpaired) electrons. The van der Waals surface area contributed by atoms with E-state index >= 15 is 0 Å². The number of likely N-dealkylation sites (tertiary alicyclic amines) is 1. The predicted octanol–water partition coefficient (Wildman–Crippen LogP) is 0.741. The number of hydrogen-bond donors (Lipinski definition) is 3. The number of amides is 3. The van der Waals surface area contributed by atoms with Gasteiger partial charge in [0.15, 0.2) is 0 Å². The summed E-state index contributed by atoms with van der Waals surface area (Å²) in [6.07, 6.45) is 0.446. The first-order valence-electron chi connectivity index (χ1n) is 9.09. The molecule has 10 nitrogen and oxygen atoms in total. The fraction of sp³-hybridized carbons (Fsp3) is 0.368. The maximum absolute atomic E-state index is 12.7. The number of rotatable bonds is 4. The van der Waals surface area contributed by atoms with Gasteiger partial charge < -0.3 is 25.2 Å². The zero-order chi connectivity index (χ0) is 20.9. The van der Waals surface area contributed by atoms with E-state index in [1.165, 1.54) is 41.0 Å². The van der Waals surface area contributed by atoms with Gasteiger partial charge >= 0.3 is 18.0 Å². The van der Waals surface area contributed by atoms with Gasteiger partial charge in [-0.1, -0.05) is 0 Å². The minimum Gasteiger partial charge on any atom is -0.508 e. The number of nitrogens with zero attached hydrogens (tertiary/aromatic N) is 2. The summed E-state index contributed by atoms with van der Waals surface area (Å²) in [5.74, 6) is -2.47. The van der Waals surface area contributed by atoms with Crippen LogP contribution in [0.15, 0.2) is 35.5 Å². The SMILES string of the molecule is CC(=O)OCC1=C(C(=O)O)N2C(=O)[C@@H]3[C@H]2C1CCN3C(=O)Nc1ccc(O)cc1. The lowest BCUT2D eigenvalue weighted by Crippen LogP contribution is -2.74. The average Bonchev–Trinajstić information content (AvgIpc) is 3.00. The maximum Gasteiger partial charge on any atom is 0.352 e. The fourth-order valence-corrected chi connectivity index (χ4v) is 4.33. The number of aromatic hydroxyl groups is 1. The van der Waals surface area contributed by atoms with Crippen LogP contribution in [0.4, 0.5) is 10.5 Å². The number of esters is 1. The molecule has 2 fully saturated rings. The topological polar surface area (TPSA) is 136 Å². The van der Waals surface area contributed by atoms with Gasteiger partial charge in [-0.3, -0.25) is 14.5 Å². The molecule has 1 aromatic carbocycles. The van der Waals surface area contributed by atoms with Gasteiger partial charge in [0.05, 0.1) is 6.04 Å². The molecule has 1 aromatic rings. The molecule has 0 saturated carbocycles. The van der Waals surface area contributed by atoms with E-state index in [0.717, 1.165) is 0 Å². The highest BCUT2D eigenvalue weighted by molar-refractivity contribution is 6.04. The van der Waals surface area contributed by atoms with Crippen molar-refractivity contribution in [2.24, 2.45) is 5.92 Å². The van der Waals surface area contributed by atoms with Crippen molar-refractivity contribution in [3.8, 4) is 5.75 Å². The molecule has 10 heteroatoms. The molecule has 0 aromatic heterocycles. The number of aliphatic carboxylic acids is 1. The summed E-state index contributed by atoms with van der Waals surface area (Å²) in [6, 6.07) is 4.21. The predicted molar refractivity (Wildman–Crippen MR) is 97.7 cm³/mol. The zero-order valence-corrected chi connectivity index (χ0v) is 15.5. The molecular formula is C19H19N3O7. The van der Waals surface area contributed by atoms with Gasteiger partial charge in [0.2, 0.25) is 0 Å². The van der Waals surface area contributed by atoms with Gasteiger partial charge in [0.1, 0.15) is 24.1 Å². The lowest BCUT2D eigenvalue weighted by Gasteiger charge is -2.53. The van der Waals surface area contributed by atoms with Gasteiger partial charge in [0.25, 0.3) is 5.91 Å². The summed E-state index contributed by atoms with van der Waals surface area (Å²) in [6.45, 7) is 1.30. The Kier molecular flexibility index (Phi) is 4.40. The first kappa shape index (κ1) is 18.8. The number of anilines is 1. The molecule has 0 aliphatic carbocycles. The molecule has 2 saturated heterocycles. The molecule has 0 bridgehead atoms. The lowest BCUT2D eigenvalue weighted by molar-refractivity contribution is -0.160. The second-order valence-corrected chi connectivity index (χ2v) is 7.17. The van der Waals surface area contributed by atoms with Crippen molar-refractivity contribution in [2.75, 3.05) is 18.5 Å². The van der Waals surface area contributed by atoms with E-state index in [0.29, 0.717) is 17.7 Å². The Morgan fingerprint density at radius 2 is 1.93 bits per heavy atom. The molecular weight excluding hydrogens is 382 g/mol. The monoisotopic (exact) mass is 401 g/mol. The van der Waals surface area contributed by atoms with Crippen LogP contribution in [0.5, 0.6) is 5.75 Å². The van der Waals surface area contributed by atoms with Gasteiger partial charge in [0, 0.05) is 30.6 Å². The van der Waals surface area contributed by atoms with Gasteiger partial charge in [-0.25, -0.2) is 9.59 Å². The van der Waals surface area contributed by atoms with Gasteiger partial charge in [-0.2, -0.15) is 0 Å². The van der Waals surface area contributed by atoms with Crippen molar-refractivity contribution in [1.29, 1.82) is 0 Å². The number of carbonyl (C=O) groups is 4. The van der Waals surface area contributed by atoms with Crippen LogP contribution < -0.4 is 5.32 Å². The van der Waals surface area contributed by atoms with Crippen molar-refractivity contribution in [3.05, 3.63) is 35.5 Å². The zero-order valence-electron chi connectivity index (χ0n) is 15.5. The van der Waals surface area contributed by atoms with Crippen molar-refractivity contribution in [2.45, 2.75) is 25.4 Å². The molecule has 3 amide bonds. The van der Waals surface area contributed by atoms with Crippen LogP contribution in [0.3, 0.4) is 0 Å². The number of hydrogen-bond acceptors (Lipinski definition) is 6. The number of carboxylic acid groups (broad SMARTS) is 1. The number of carbonyl (C=O) groups excluding carboxylic acids is 3. The minimum atomic E-state index is -1.26. The number of phenols is 1. The number of ether oxygens (including phenoxy) is 1. The normalized spacial score (nSPS) is 24.7. The van der Waals surface area contributed by atoms with E-state index < -0.39 is 36.0 Å². The van der Waals surface area contributed by atoms with Crippen LogP contribution in [0.1, 0.15) is 13.3 Å². The smallest absolute Gasteiger partial charge is 0.352 e. The molecule has 4 rings (SSSR count). The number of phenolic OH excluding ortho intramolecular Hbond substituents is 1. The highest BCUT2D eigenvalue weighted by Gasteiger charge is 2.64. The number of urea groups is 1. The fourth-order valence-electron chi connectivity index (χ4n) is 4.33. The van der Waals surface area contributed by atoms with Crippen LogP contribution in [0.25, 0.3) is 0 Å². The van der Waals surface area contributed by atoms with Crippen molar-refractivity contribution in [1.82, 2.24) is 9.80 Å². The third kappa shape index (κ3) is 2.96. The quantitative estimate of drug-likeness (QED) is 0.384. The summed E-state index contributed by atoms with van der Waals surface area (Å²) < 4.78 is 5.01. The van der Waals surface area contributed by atoms with Crippen LogP contribution in [0, 0.1) is 5.92 Å². The number of piperidine rings is 1. The standard InChI is InChI=1S/C19H19N3O7/c1-9(23)29-8-13-12-6-7-21(19(28)20-10-2-4-11(24)5-3-10)16-14(12)22(17(16)25)15(13)18(26)27/h2-5,12,14,16,24H,6-8H2,1H3,(H,20,28)(H,26,27)/t12?,14-,16+/m1/s1. The first-order valence-corrected chi connectivity index (χ1v) is 9.09. The lowest BCUT2D eigenvalue weighted by atomic mass is 9.78. The van der Waals surface area contributed by atoms with Crippen LogP contribution in [-0.2, 0) is 19.1 Å². The summed E-state index contributed by atoms with van der Waals surface area (Å²) in [4.78, 5) is 51.0. The Bertz CT molecular complexity index is 940. The number of carboxylic acids is 1. The Morgan fingerprint density at radius 1 is 1.24 bits per heavy atom. The van der Waals surface area contributed by atoms with E-state index in [1.54, 1.807) is 0 Å². The van der Waals surface area contributed by atoms with Crippen LogP contribution in [0.2, 0.25) is 0 Å². The molecule has 3 N–H and O–H groups in total. The molecule has 3 aliphatic heterocycles. The van der Waals surface area contributed by atoms with E-state index in [9.17, 15) is 29.4 Å².